The van der Waals surface area contributed by atoms with Crippen LogP contribution in [0.25, 0.3) is 0 Å². The summed E-state index contributed by atoms with van der Waals surface area (Å²) in [5.41, 5.74) is -0.0355. The fraction of sp³-hybridized carbons (Fsp3) is 0.700. The first-order chi connectivity index (χ1) is 8.22. The molecule has 1 unspecified atom stereocenters. The van der Waals surface area contributed by atoms with Crippen LogP contribution in [-0.4, -0.2) is 73.9 Å². The highest BCUT2D eigenvalue weighted by atomic mass is 16.6. The number of carbonyl (C=O) groups excluding carboxylic acids is 1. The van der Waals surface area contributed by atoms with Crippen molar-refractivity contribution in [2.45, 2.75) is 37.6 Å². The predicted octanol–water partition coefficient (Wildman–Crippen LogP) is -3.14. The molecule has 0 aromatic heterocycles. The Kier molecular flexibility index (Phi) is 6.99. The van der Waals surface area contributed by atoms with Crippen LogP contribution in [0.5, 0.6) is 0 Å². The molecule has 106 valence electrons. The van der Waals surface area contributed by atoms with Crippen LogP contribution in [-0.2, 0) is 9.53 Å². The van der Waals surface area contributed by atoms with Crippen LogP contribution < -0.4 is 0 Å². The van der Waals surface area contributed by atoms with E-state index < -0.39 is 43.3 Å². The number of hydrogen-bond acceptors (Lipinski definition) is 8. The lowest BCUT2D eigenvalue weighted by Gasteiger charge is -2.28. The third-order valence-corrected chi connectivity index (χ3v) is 2.15. The van der Waals surface area contributed by atoms with Crippen molar-refractivity contribution in [3.8, 4) is 0 Å². The monoisotopic (exact) mass is 266 g/mol. The van der Waals surface area contributed by atoms with Gasteiger partial charge in [-0.25, -0.2) is 4.79 Å². The first-order valence-corrected chi connectivity index (χ1v) is 5.10. The van der Waals surface area contributed by atoms with Gasteiger partial charge < -0.3 is 35.4 Å². The molecule has 0 saturated heterocycles. The molecule has 8 heteroatoms. The summed E-state index contributed by atoms with van der Waals surface area (Å²) in [7, 11) is 0. The third kappa shape index (κ3) is 4.69. The third-order valence-electron chi connectivity index (χ3n) is 2.15. The van der Waals surface area contributed by atoms with Gasteiger partial charge in [0.05, 0.1) is 6.61 Å². The van der Waals surface area contributed by atoms with E-state index in [0.29, 0.717) is 0 Å². The summed E-state index contributed by atoms with van der Waals surface area (Å²) < 4.78 is 4.31. The van der Waals surface area contributed by atoms with Crippen molar-refractivity contribution >= 4 is 5.97 Å². The van der Waals surface area contributed by atoms with E-state index >= 15 is 0 Å². The van der Waals surface area contributed by atoms with Crippen LogP contribution in [0.2, 0.25) is 0 Å². The average Bonchev–Trinajstić information content (AvgIpc) is 2.34. The van der Waals surface area contributed by atoms with Crippen molar-refractivity contribution < 1.29 is 40.2 Å². The van der Waals surface area contributed by atoms with Gasteiger partial charge in [-0.05, 0) is 6.92 Å². The molecule has 0 radical (unpaired) electrons. The summed E-state index contributed by atoms with van der Waals surface area (Å²) in [5.74, 6) is -0.994. The molecule has 18 heavy (non-hydrogen) atoms. The van der Waals surface area contributed by atoms with Crippen LogP contribution >= 0.6 is 0 Å². The lowest BCUT2D eigenvalue weighted by atomic mass is 10.0. The Bertz CT molecular complexity index is 292. The molecular formula is C10H18O8. The van der Waals surface area contributed by atoms with Gasteiger partial charge in [0.2, 0.25) is 6.29 Å². The van der Waals surface area contributed by atoms with E-state index in [1.54, 1.807) is 0 Å². The van der Waals surface area contributed by atoms with Crippen LogP contribution in [0.3, 0.4) is 0 Å². The smallest absolute Gasteiger partial charge is 0.335 e. The standard InChI is InChI=1S/C10H18O8/c1-4(2)9(16)18-10(17)8(15)7(14)6(13)5(12)3-11/h5-8,10-15,17H,1,3H2,2H3/t5-,6-,7+,8+,10?/m1/s1. The Morgan fingerprint density at radius 2 is 1.61 bits per heavy atom. The second kappa shape index (κ2) is 7.41. The highest BCUT2D eigenvalue weighted by Gasteiger charge is 2.35. The van der Waals surface area contributed by atoms with Crippen molar-refractivity contribution in [2.75, 3.05) is 6.61 Å². The first-order valence-electron chi connectivity index (χ1n) is 5.10. The molecule has 0 amide bonds. The molecule has 0 rings (SSSR count). The molecule has 0 aliphatic rings. The van der Waals surface area contributed by atoms with Crippen molar-refractivity contribution in [1.29, 1.82) is 0 Å². The molecule has 0 aromatic carbocycles. The number of aliphatic hydroxyl groups is 6. The summed E-state index contributed by atoms with van der Waals surface area (Å²) in [6.07, 6.45) is -9.80. The van der Waals surface area contributed by atoms with Crippen LogP contribution in [0.1, 0.15) is 6.92 Å². The highest BCUT2D eigenvalue weighted by Crippen LogP contribution is 2.10. The summed E-state index contributed by atoms with van der Waals surface area (Å²) in [5, 5.41) is 54.8. The van der Waals surface area contributed by atoms with E-state index in [1.807, 2.05) is 0 Å². The summed E-state index contributed by atoms with van der Waals surface area (Å²) in [6.45, 7) is 3.69. The fourth-order valence-corrected chi connectivity index (χ4v) is 0.986. The Labute approximate surface area is 103 Å². The van der Waals surface area contributed by atoms with Gasteiger partial charge in [0.25, 0.3) is 0 Å². The molecule has 0 fully saturated rings. The quantitative estimate of drug-likeness (QED) is 0.161. The molecule has 0 aliphatic heterocycles. The molecule has 0 aliphatic carbocycles. The number of carbonyl (C=O) groups is 1. The van der Waals surface area contributed by atoms with Crippen molar-refractivity contribution in [3.05, 3.63) is 12.2 Å². The molecule has 5 atom stereocenters. The van der Waals surface area contributed by atoms with E-state index in [0.717, 1.165) is 0 Å². The van der Waals surface area contributed by atoms with Gasteiger partial charge >= 0.3 is 5.97 Å². The first kappa shape index (κ1) is 17.0. The Balaban J connectivity index is 4.49. The molecule has 8 nitrogen and oxygen atoms in total. The average molecular weight is 266 g/mol. The second-order valence-corrected chi connectivity index (χ2v) is 3.80. The molecular weight excluding hydrogens is 248 g/mol. The van der Waals surface area contributed by atoms with E-state index in [4.69, 9.17) is 10.2 Å². The van der Waals surface area contributed by atoms with Crippen molar-refractivity contribution in [3.63, 3.8) is 0 Å². The SMILES string of the molecule is C=C(C)C(=O)OC(O)[C@@H](O)[C@@H](O)[C@H](O)[C@H](O)CO. The largest absolute Gasteiger partial charge is 0.430 e. The normalized spacial score (nSPS) is 19.5. The van der Waals surface area contributed by atoms with Crippen LogP contribution in [0, 0.1) is 0 Å². The molecule has 0 spiro atoms. The topological polar surface area (TPSA) is 148 Å². The van der Waals surface area contributed by atoms with Crippen LogP contribution in [0.4, 0.5) is 0 Å². The highest BCUT2D eigenvalue weighted by molar-refractivity contribution is 5.87. The summed E-state index contributed by atoms with van der Waals surface area (Å²) in [4.78, 5) is 11.0. The molecule has 0 saturated carbocycles. The molecule has 6 N–H and O–H groups in total. The van der Waals surface area contributed by atoms with Gasteiger partial charge in [-0.2, -0.15) is 0 Å². The zero-order valence-electron chi connectivity index (χ0n) is 9.80. The maximum absolute atomic E-state index is 11.0. The molecule has 0 aromatic rings. The predicted molar refractivity (Wildman–Crippen MR) is 58.0 cm³/mol. The Hall–Kier alpha value is -1.03. The number of esters is 1. The summed E-state index contributed by atoms with van der Waals surface area (Å²) in [6, 6.07) is 0. The Morgan fingerprint density at radius 1 is 1.11 bits per heavy atom. The zero-order chi connectivity index (χ0) is 14.5. The molecule has 0 bridgehead atoms. The lowest BCUT2D eigenvalue weighted by molar-refractivity contribution is -0.211. The van der Waals surface area contributed by atoms with Crippen molar-refractivity contribution in [1.82, 2.24) is 0 Å². The lowest BCUT2D eigenvalue weighted by Crippen LogP contribution is -2.50. The maximum Gasteiger partial charge on any atom is 0.335 e. The number of ether oxygens (including phenoxy) is 1. The Morgan fingerprint density at radius 3 is 2.00 bits per heavy atom. The minimum Gasteiger partial charge on any atom is -0.430 e. The minimum absolute atomic E-state index is 0.0355. The maximum atomic E-state index is 11.0. The number of hydrogen-bond donors (Lipinski definition) is 6. The van der Waals surface area contributed by atoms with Gasteiger partial charge in [0.1, 0.15) is 24.4 Å². The van der Waals surface area contributed by atoms with E-state index in [2.05, 4.69) is 11.3 Å². The van der Waals surface area contributed by atoms with E-state index in [-0.39, 0.29) is 5.57 Å². The second-order valence-electron chi connectivity index (χ2n) is 3.80. The number of rotatable bonds is 7. The van der Waals surface area contributed by atoms with Crippen molar-refractivity contribution in [2.24, 2.45) is 0 Å². The zero-order valence-corrected chi connectivity index (χ0v) is 9.80. The van der Waals surface area contributed by atoms with Gasteiger partial charge in [0, 0.05) is 5.57 Å². The van der Waals surface area contributed by atoms with Crippen LogP contribution in [0.15, 0.2) is 12.2 Å². The van der Waals surface area contributed by atoms with Gasteiger partial charge in [0.15, 0.2) is 0 Å². The molecule has 0 heterocycles. The van der Waals surface area contributed by atoms with Gasteiger partial charge in [-0.15, -0.1) is 0 Å². The fourth-order valence-electron chi connectivity index (χ4n) is 0.986. The van der Waals surface area contributed by atoms with Gasteiger partial charge in [-0.3, -0.25) is 0 Å². The minimum atomic E-state index is -2.11. The summed E-state index contributed by atoms with van der Waals surface area (Å²) >= 11 is 0. The van der Waals surface area contributed by atoms with E-state index in [9.17, 15) is 25.2 Å². The van der Waals surface area contributed by atoms with E-state index in [1.165, 1.54) is 6.92 Å². The van der Waals surface area contributed by atoms with Gasteiger partial charge in [-0.1, -0.05) is 6.58 Å². The number of aliphatic hydroxyl groups excluding tert-OH is 6.